The van der Waals surface area contributed by atoms with Crippen molar-refractivity contribution in [2.24, 2.45) is 5.41 Å². The summed E-state index contributed by atoms with van der Waals surface area (Å²) >= 11 is 0. The van der Waals surface area contributed by atoms with Crippen molar-refractivity contribution in [1.29, 1.82) is 0 Å². The van der Waals surface area contributed by atoms with Crippen LogP contribution in [0.5, 0.6) is 5.75 Å². The fraction of sp³-hybridized carbons (Fsp3) is 0.500. The van der Waals surface area contributed by atoms with Gasteiger partial charge in [-0.25, -0.2) is 0 Å². The van der Waals surface area contributed by atoms with E-state index in [0.29, 0.717) is 19.3 Å². The molecule has 5 heteroatoms. The van der Waals surface area contributed by atoms with Gasteiger partial charge in [0.05, 0.1) is 12.5 Å². The Morgan fingerprint density at radius 2 is 1.95 bits per heavy atom. The molecule has 1 aliphatic rings. The van der Waals surface area contributed by atoms with Gasteiger partial charge in [-0.15, -0.1) is 0 Å². The summed E-state index contributed by atoms with van der Waals surface area (Å²) < 4.78 is 5.09. The highest BCUT2D eigenvalue weighted by molar-refractivity contribution is 5.80. The minimum Gasteiger partial charge on any atom is -0.497 e. The van der Waals surface area contributed by atoms with Crippen molar-refractivity contribution in [3.63, 3.8) is 0 Å². The Bertz CT molecular complexity index is 506. The minimum atomic E-state index is -0.805. The lowest BCUT2D eigenvalue weighted by atomic mass is 10.1. The number of aliphatic carboxylic acids is 1. The van der Waals surface area contributed by atoms with Crippen LogP contribution < -0.4 is 10.1 Å². The predicted molar refractivity (Wildman–Crippen MR) is 78.2 cm³/mol. The Kier molecular flexibility index (Phi) is 4.83. The van der Waals surface area contributed by atoms with Crippen molar-refractivity contribution >= 4 is 11.9 Å². The molecule has 0 atom stereocenters. The van der Waals surface area contributed by atoms with Gasteiger partial charge in [-0.3, -0.25) is 9.59 Å². The van der Waals surface area contributed by atoms with Crippen molar-refractivity contribution in [3.8, 4) is 5.75 Å². The highest BCUT2D eigenvalue weighted by atomic mass is 16.5. The standard InChI is InChI=1S/C16H21NO4/c1-21-13-7-5-12(6-8-13)3-2-4-14(18)17-11-16(9-10-16)15(19)20/h5-8H,2-4,9-11H2,1H3,(H,17,18)(H,19,20). The van der Waals surface area contributed by atoms with Gasteiger partial charge in [-0.2, -0.15) is 0 Å². The fourth-order valence-corrected chi connectivity index (χ4v) is 2.22. The SMILES string of the molecule is COc1ccc(CCCC(=O)NCC2(C(=O)O)CC2)cc1. The summed E-state index contributed by atoms with van der Waals surface area (Å²) in [5.74, 6) is -0.0584. The number of hydrogen-bond acceptors (Lipinski definition) is 3. The third-order valence-electron chi connectivity index (χ3n) is 3.96. The molecular weight excluding hydrogens is 270 g/mol. The highest BCUT2D eigenvalue weighted by Crippen LogP contribution is 2.45. The number of carboxylic acid groups (broad SMARTS) is 1. The number of carbonyl (C=O) groups is 2. The molecular formula is C16H21NO4. The molecule has 0 saturated heterocycles. The van der Waals surface area contributed by atoms with E-state index >= 15 is 0 Å². The van der Waals surface area contributed by atoms with Crippen LogP contribution in [0.2, 0.25) is 0 Å². The van der Waals surface area contributed by atoms with Gasteiger partial charge in [-0.05, 0) is 43.4 Å². The number of carbonyl (C=O) groups excluding carboxylic acids is 1. The van der Waals surface area contributed by atoms with Crippen LogP contribution in [0.4, 0.5) is 0 Å². The average Bonchev–Trinajstić information content (AvgIpc) is 3.27. The third-order valence-corrected chi connectivity index (χ3v) is 3.96. The summed E-state index contributed by atoms with van der Waals surface area (Å²) in [5.41, 5.74) is 0.471. The first kappa shape index (κ1) is 15.4. The van der Waals surface area contributed by atoms with Gasteiger partial charge in [0.2, 0.25) is 5.91 Å². The molecule has 0 unspecified atom stereocenters. The molecule has 1 aromatic carbocycles. The van der Waals surface area contributed by atoms with Gasteiger partial charge >= 0.3 is 5.97 Å². The molecule has 21 heavy (non-hydrogen) atoms. The largest absolute Gasteiger partial charge is 0.497 e. The smallest absolute Gasteiger partial charge is 0.311 e. The minimum absolute atomic E-state index is 0.0731. The van der Waals surface area contributed by atoms with E-state index < -0.39 is 11.4 Å². The predicted octanol–water partition coefficient (Wildman–Crippen LogP) is 2.00. The van der Waals surface area contributed by atoms with E-state index in [-0.39, 0.29) is 12.5 Å². The second kappa shape index (κ2) is 6.61. The average molecular weight is 291 g/mol. The molecule has 0 spiro atoms. The van der Waals surface area contributed by atoms with Crippen LogP contribution in [0.25, 0.3) is 0 Å². The molecule has 1 fully saturated rings. The summed E-state index contributed by atoms with van der Waals surface area (Å²) in [6, 6.07) is 7.78. The zero-order chi connectivity index (χ0) is 15.3. The van der Waals surface area contributed by atoms with Crippen LogP contribution in [0, 0.1) is 5.41 Å². The van der Waals surface area contributed by atoms with E-state index in [1.54, 1.807) is 7.11 Å². The van der Waals surface area contributed by atoms with Crippen LogP contribution in [0.3, 0.4) is 0 Å². The molecule has 2 N–H and O–H groups in total. The van der Waals surface area contributed by atoms with E-state index in [0.717, 1.165) is 24.2 Å². The first-order chi connectivity index (χ1) is 10.1. The molecule has 1 aromatic rings. The summed E-state index contributed by atoms with van der Waals surface area (Å²) in [5, 5.41) is 11.8. The lowest BCUT2D eigenvalue weighted by Crippen LogP contribution is -2.34. The van der Waals surface area contributed by atoms with Gasteiger partial charge in [0.25, 0.3) is 0 Å². The molecule has 5 nitrogen and oxygen atoms in total. The quantitative estimate of drug-likeness (QED) is 0.768. The molecule has 1 amide bonds. The lowest BCUT2D eigenvalue weighted by molar-refractivity contribution is -0.143. The number of ether oxygens (including phenoxy) is 1. The Balaban J connectivity index is 1.66. The summed E-state index contributed by atoms with van der Waals surface area (Å²) in [6.07, 6.45) is 3.31. The first-order valence-corrected chi connectivity index (χ1v) is 7.19. The monoisotopic (exact) mass is 291 g/mol. The normalized spacial score (nSPS) is 15.3. The van der Waals surface area contributed by atoms with Gasteiger partial charge in [-0.1, -0.05) is 12.1 Å². The topological polar surface area (TPSA) is 75.6 Å². The molecule has 114 valence electrons. The summed E-state index contributed by atoms with van der Waals surface area (Å²) in [7, 11) is 1.63. The van der Waals surface area contributed by atoms with Crippen LogP contribution in [0.1, 0.15) is 31.2 Å². The zero-order valence-electron chi connectivity index (χ0n) is 12.2. The number of carboxylic acids is 1. The Morgan fingerprint density at radius 3 is 2.48 bits per heavy atom. The van der Waals surface area contributed by atoms with Gasteiger partial charge in [0.1, 0.15) is 5.75 Å². The molecule has 0 heterocycles. The molecule has 1 aliphatic carbocycles. The van der Waals surface area contributed by atoms with Crippen LogP contribution in [-0.4, -0.2) is 30.6 Å². The maximum Gasteiger partial charge on any atom is 0.311 e. The number of rotatable bonds is 8. The number of amides is 1. The molecule has 0 aromatic heterocycles. The fourth-order valence-electron chi connectivity index (χ4n) is 2.22. The van der Waals surface area contributed by atoms with Gasteiger partial charge in [0.15, 0.2) is 0 Å². The molecule has 0 radical (unpaired) electrons. The molecule has 2 rings (SSSR count). The lowest BCUT2D eigenvalue weighted by Gasteiger charge is -2.11. The zero-order valence-corrected chi connectivity index (χ0v) is 12.2. The number of hydrogen-bond donors (Lipinski definition) is 2. The number of benzene rings is 1. The summed E-state index contributed by atoms with van der Waals surface area (Å²) in [6.45, 7) is 0.254. The van der Waals surface area contributed by atoms with Crippen molar-refractivity contribution in [2.75, 3.05) is 13.7 Å². The third kappa shape index (κ3) is 4.21. The maximum absolute atomic E-state index is 11.7. The van der Waals surface area contributed by atoms with Gasteiger partial charge in [0, 0.05) is 13.0 Å². The van der Waals surface area contributed by atoms with E-state index in [1.165, 1.54) is 0 Å². The van der Waals surface area contributed by atoms with Crippen molar-refractivity contribution in [1.82, 2.24) is 5.32 Å². The molecule has 0 bridgehead atoms. The Labute approximate surface area is 124 Å². The van der Waals surface area contributed by atoms with E-state index in [4.69, 9.17) is 9.84 Å². The van der Waals surface area contributed by atoms with Crippen molar-refractivity contribution in [2.45, 2.75) is 32.1 Å². The number of methoxy groups -OCH3 is 1. The summed E-state index contributed by atoms with van der Waals surface area (Å²) in [4.78, 5) is 22.7. The van der Waals surface area contributed by atoms with Crippen LogP contribution in [-0.2, 0) is 16.0 Å². The number of nitrogens with one attached hydrogen (secondary N) is 1. The number of aryl methyl sites for hydroxylation is 1. The molecule has 0 aliphatic heterocycles. The van der Waals surface area contributed by atoms with Crippen LogP contribution in [0.15, 0.2) is 24.3 Å². The maximum atomic E-state index is 11.7. The van der Waals surface area contributed by atoms with Crippen molar-refractivity contribution < 1.29 is 19.4 Å². The molecule has 1 saturated carbocycles. The second-order valence-corrected chi connectivity index (χ2v) is 5.56. The second-order valence-electron chi connectivity index (χ2n) is 5.56. The van der Waals surface area contributed by atoms with E-state index in [2.05, 4.69) is 5.32 Å². The van der Waals surface area contributed by atoms with Gasteiger partial charge < -0.3 is 15.2 Å². The van der Waals surface area contributed by atoms with E-state index in [9.17, 15) is 9.59 Å². The highest BCUT2D eigenvalue weighted by Gasteiger charge is 2.50. The first-order valence-electron chi connectivity index (χ1n) is 7.19. The Morgan fingerprint density at radius 1 is 1.29 bits per heavy atom. The van der Waals surface area contributed by atoms with E-state index in [1.807, 2.05) is 24.3 Å². The Hall–Kier alpha value is -2.04. The van der Waals surface area contributed by atoms with Crippen molar-refractivity contribution in [3.05, 3.63) is 29.8 Å². The van der Waals surface area contributed by atoms with Crippen LogP contribution >= 0.6 is 0 Å².